The third-order valence-electron chi connectivity index (χ3n) is 4.79. The molecule has 5 heteroatoms. The van der Waals surface area contributed by atoms with Crippen LogP contribution in [0.3, 0.4) is 0 Å². The Morgan fingerprint density at radius 1 is 1.21 bits per heavy atom. The van der Waals surface area contributed by atoms with Gasteiger partial charge in [0.1, 0.15) is 0 Å². The number of aryl methyl sites for hydroxylation is 1. The summed E-state index contributed by atoms with van der Waals surface area (Å²) in [6.07, 6.45) is 9.18. The van der Waals surface area contributed by atoms with Crippen LogP contribution in [0, 0.1) is 10.1 Å². The van der Waals surface area contributed by atoms with Gasteiger partial charge < -0.3 is 5.32 Å². The van der Waals surface area contributed by atoms with E-state index >= 15 is 0 Å². The molecule has 1 N–H and O–H groups in total. The average molecular weight is 327 g/mol. The van der Waals surface area contributed by atoms with Crippen LogP contribution >= 0.6 is 0 Å². The lowest BCUT2D eigenvalue weighted by Crippen LogP contribution is -2.12. The predicted octanol–water partition coefficient (Wildman–Crippen LogP) is 5.01. The first-order valence-corrected chi connectivity index (χ1v) is 9.04. The number of fused-ring (bicyclic) bond motifs is 2. The maximum atomic E-state index is 11.1. The molecule has 0 unspecified atom stereocenters. The number of nitro groups is 1. The van der Waals surface area contributed by atoms with Crippen molar-refractivity contribution < 1.29 is 4.92 Å². The van der Waals surface area contributed by atoms with Crippen molar-refractivity contribution >= 4 is 22.3 Å². The summed E-state index contributed by atoms with van der Waals surface area (Å²) in [5.41, 5.74) is 4.50. The average Bonchev–Trinajstić information content (AvgIpc) is 2.60. The topological polar surface area (TPSA) is 68.1 Å². The van der Waals surface area contributed by atoms with Gasteiger partial charge in [-0.25, -0.2) is 0 Å². The number of nitrogens with zero attached hydrogens (tertiary/aromatic N) is 2. The highest BCUT2D eigenvalue weighted by Crippen LogP contribution is 2.35. The highest BCUT2D eigenvalue weighted by atomic mass is 16.6. The Balaban J connectivity index is 1.97. The van der Waals surface area contributed by atoms with Crippen molar-refractivity contribution in [3.8, 4) is 0 Å². The van der Waals surface area contributed by atoms with E-state index in [1.807, 2.05) is 0 Å². The first-order chi connectivity index (χ1) is 11.7. The van der Waals surface area contributed by atoms with E-state index in [0.29, 0.717) is 0 Å². The van der Waals surface area contributed by atoms with E-state index in [9.17, 15) is 10.1 Å². The summed E-state index contributed by atoms with van der Waals surface area (Å²) in [6.45, 7) is 3.12. The molecule has 1 heterocycles. The molecule has 0 aliphatic heterocycles. The van der Waals surface area contributed by atoms with E-state index in [1.165, 1.54) is 43.4 Å². The zero-order valence-electron chi connectivity index (χ0n) is 14.3. The zero-order chi connectivity index (χ0) is 16.9. The summed E-state index contributed by atoms with van der Waals surface area (Å²) in [5, 5.41) is 15.6. The smallest absolute Gasteiger partial charge is 0.270 e. The molecule has 5 nitrogen and oxygen atoms in total. The summed E-state index contributed by atoms with van der Waals surface area (Å²) >= 11 is 0. The van der Waals surface area contributed by atoms with Crippen molar-refractivity contribution in [2.45, 2.75) is 58.3 Å². The molecular formula is C19H25N3O2. The first kappa shape index (κ1) is 16.7. The molecular weight excluding hydrogens is 302 g/mol. The molecule has 0 radical (unpaired) electrons. The van der Waals surface area contributed by atoms with Gasteiger partial charge in [-0.3, -0.25) is 15.1 Å². The number of non-ortho nitro benzene ring substituents is 1. The number of nitro benzene ring substituents is 1. The van der Waals surface area contributed by atoms with Crippen molar-refractivity contribution in [3.63, 3.8) is 0 Å². The van der Waals surface area contributed by atoms with Gasteiger partial charge in [0.05, 0.1) is 10.4 Å². The monoisotopic (exact) mass is 327 g/mol. The Bertz CT molecular complexity index is 743. The zero-order valence-corrected chi connectivity index (χ0v) is 14.3. The molecule has 1 aromatic heterocycles. The molecule has 2 aromatic rings. The van der Waals surface area contributed by atoms with Gasteiger partial charge in [0, 0.05) is 35.4 Å². The van der Waals surface area contributed by atoms with Crippen LogP contribution in [0.2, 0.25) is 0 Å². The molecule has 0 fully saturated rings. The number of rotatable bonds is 7. The standard InChI is InChI=1S/C19H25N3O2/c1-2-3-4-7-12-20-19-15-8-5-6-9-17(15)21-18-11-10-14(22(23)24)13-16(18)19/h10-11,13H,2-9,12H2,1H3,(H,20,21). The molecule has 3 rings (SSSR count). The Morgan fingerprint density at radius 3 is 2.83 bits per heavy atom. The Hall–Kier alpha value is -2.17. The van der Waals surface area contributed by atoms with Crippen molar-refractivity contribution in [1.29, 1.82) is 0 Å². The molecule has 1 aliphatic carbocycles. The molecule has 0 atom stereocenters. The van der Waals surface area contributed by atoms with Crippen molar-refractivity contribution in [3.05, 3.63) is 39.6 Å². The lowest BCUT2D eigenvalue weighted by molar-refractivity contribution is -0.384. The SMILES string of the molecule is CCCCCCNc1c2c(nc3ccc([N+](=O)[O-])cc13)CCCC2. The van der Waals surface area contributed by atoms with E-state index in [2.05, 4.69) is 12.2 Å². The highest BCUT2D eigenvalue weighted by molar-refractivity contribution is 5.95. The highest BCUT2D eigenvalue weighted by Gasteiger charge is 2.19. The van der Waals surface area contributed by atoms with Crippen LogP contribution in [0.25, 0.3) is 10.9 Å². The van der Waals surface area contributed by atoms with E-state index in [0.717, 1.165) is 42.4 Å². The van der Waals surface area contributed by atoms with Crippen LogP contribution < -0.4 is 5.32 Å². The molecule has 0 spiro atoms. The molecule has 1 aliphatic rings. The van der Waals surface area contributed by atoms with Crippen molar-refractivity contribution in [1.82, 2.24) is 4.98 Å². The second-order valence-electron chi connectivity index (χ2n) is 6.57. The fourth-order valence-electron chi connectivity index (χ4n) is 3.49. The summed E-state index contributed by atoms with van der Waals surface area (Å²) in [6, 6.07) is 5.01. The Morgan fingerprint density at radius 2 is 2.04 bits per heavy atom. The van der Waals surface area contributed by atoms with Crippen LogP contribution in [0.15, 0.2) is 18.2 Å². The molecule has 128 valence electrons. The summed E-state index contributed by atoms with van der Waals surface area (Å²) < 4.78 is 0. The number of aromatic nitrogens is 1. The van der Waals surface area contributed by atoms with Gasteiger partial charge in [0.2, 0.25) is 0 Å². The maximum Gasteiger partial charge on any atom is 0.270 e. The second kappa shape index (κ2) is 7.60. The van der Waals surface area contributed by atoms with Gasteiger partial charge in [-0.2, -0.15) is 0 Å². The maximum absolute atomic E-state index is 11.1. The van der Waals surface area contributed by atoms with Gasteiger partial charge >= 0.3 is 0 Å². The summed E-state index contributed by atoms with van der Waals surface area (Å²) in [7, 11) is 0. The fourth-order valence-corrected chi connectivity index (χ4v) is 3.49. The predicted molar refractivity (Wildman–Crippen MR) is 97.7 cm³/mol. The number of benzene rings is 1. The minimum absolute atomic E-state index is 0.133. The third kappa shape index (κ3) is 3.50. The van der Waals surface area contributed by atoms with Crippen LogP contribution in [0.4, 0.5) is 11.4 Å². The second-order valence-corrected chi connectivity index (χ2v) is 6.57. The van der Waals surface area contributed by atoms with Crippen LogP contribution in [-0.2, 0) is 12.8 Å². The van der Waals surface area contributed by atoms with E-state index in [4.69, 9.17) is 4.98 Å². The number of anilines is 1. The molecule has 0 saturated carbocycles. The number of unbranched alkanes of at least 4 members (excludes halogenated alkanes) is 3. The number of nitrogens with one attached hydrogen (secondary N) is 1. The largest absolute Gasteiger partial charge is 0.384 e. The minimum atomic E-state index is -0.329. The van der Waals surface area contributed by atoms with Gasteiger partial charge in [-0.05, 0) is 43.7 Å². The third-order valence-corrected chi connectivity index (χ3v) is 4.79. The quantitative estimate of drug-likeness (QED) is 0.441. The van der Waals surface area contributed by atoms with Crippen molar-refractivity contribution in [2.75, 3.05) is 11.9 Å². The number of pyridine rings is 1. The summed E-state index contributed by atoms with van der Waals surface area (Å²) in [5.74, 6) is 0. The molecule has 0 amide bonds. The lowest BCUT2D eigenvalue weighted by atomic mass is 9.92. The Kier molecular flexibility index (Phi) is 5.28. The molecule has 24 heavy (non-hydrogen) atoms. The molecule has 0 saturated heterocycles. The molecule has 1 aromatic carbocycles. The lowest BCUT2D eigenvalue weighted by Gasteiger charge is -2.21. The number of hydrogen-bond donors (Lipinski definition) is 1. The van der Waals surface area contributed by atoms with E-state index in [1.54, 1.807) is 18.2 Å². The van der Waals surface area contributed by atoms with E-state index in [-0.39, 0.29) is 10.6 Å². The van der Waals surface area contributed by atoms with Gasteiger partial charge in [-0.15, -0.1) is 0 Å². The van der Waals surface area contributed by atoms with Crippen LogP contribution in [0.5, 0.6) is 0 Å². The molecule has 0 bridgehead atoms. The van der Waals surface area contributed by atoms with Gasteiger partial charge in [0.15, 0.2) is 0 Å². The first-order valence-electron chi connectivity index (χ1n) is 9.04. The van der Waals surface area contributed by atoms with Crippen LogP contribution in [0.1, 0.15) is 56.7 Å². The van der Waals surface area contributed by atoms with Gasteiger partial charge in [0.25, 0.3) is 5.69 Å². The number of hydrogen-bond acceptors (Lipinski definition) is 4. The minimum Gasteiger partial charge on any atom is -0.384 e. The summed E-state index contributed by atoms with van der Waals surface area (Å²) in [4.78, 5) is 15.6. The normalized spacial score (nSPS) is 13.7. The fraction of sp³-hybridized carbons (Fsp3) is 0.526. The van der Waals surface area contributed by atoms with Crippen molar-refractivity contribution in [2.24, 2.45) is 0 Å². The van der Waals surface area contributed by atoms with Crippen LogP contribution in [-0.4, -0.2) is 16.5 Å². The van der Waals surface area contributed by atoms with Gasteiger partial charge in [-0.1, -0.05) is 26.2 Å². The van der Waals surface area contributed by atoms with E-state index < -0.39 is 0 Å². The Labute approximate surface area is 142 Å².